The van der Waals surface area contributed by atoms with E-state index in [2.05, 4.69) is 15.5 Å². The first-order chi connectivity index (χ1) is 13.1. The van der Waals surface area contributed by atoms with Crippen LogP contribution in [0, 0.1) is 0 Å². The Kier molecular flexibility index (Phi) is 4.67. The summed E-state index contributed by atoms with van der Waals surface area (Å²) in [5.74, 6) is 1.50. The van der Waals surface area contributed by atoms with E-state index in [0.29, 0.717) is 28.0 Å². The van der Waals surface area contributed by atoms with Crippen molar-refractivity contribution >= 4 is 22.2 Å². The van der Waals surface area contributed by atoms with Crippen LogP contribution in [0.3, 0.4) is 0 Å². The summed E-state index contributed by atoms with van der Waals surface area (Å²) in [6.45, 7) is 0. The molecule has 1 aliphatic carbocycles. The van der Waals surface area contributed by atoms with Gasteiger partial charge in [-0.3, -0.25) is 4.79 Å². The average molecular weight is 384 g/mol. The van der Waals surface area contributed by atoms with Gasteiger partial charge in [-0.2, -0.15) is 4.98 Å². The van der Waals surface area contributed by atoms with Crippen LogP contribution in [0.4, 0.5) is 5.00 Å². The highest BCUT2D eigenvalue weighted by atomic mass is 32.1. The molecule has 0 bridgehead atoms. The second-order valence-corrected chi connectivity index (χ2v) is 7.72. The highest BCUT2D eigenvalue weighted by Crippen LogP contribution is 2.37. The van der Waals surface area contributed by atoms with E-state index in [1.165, 1.54) is 11.3 Å². The van der Waals surface area contributed by atoms with Gasteiger partial charge < -0.3 is 20.3 Å². The number of nitrogens with two attached hydrogens (primary N) is 1. The van der Waals surface area contributed by atoms with E-state index < -0.39 is 5.54 Å². The lowest BCUT2D eigenvalue weighted by molar-refractivity contribution is 0.102. The maximum Gasteiger partial charge on any atom is 0.268 e. The summed E-state index contributed by atoms with van der Waals surface area (Å²) in [4.78, 5) is 17.6. The van der Waals surface area contributed by atoms with Crippen LogP contribution >= 0.6 is 11.3 Å². The number of amides is 1. The third kappa shape index (κ3) is 3.58. The van der Waals surface area contributed by atoms with Gasteiger partial charge in [0.25, 0.3) is 11.8 Å². The van der Waals surface area contributed by atoms with Crippen molar-refractivity contribution in [1.82, 2.24) is 10.1 Å². The Bertz CT molecular complexity index is 942. The lowest BCUT2D eigenvalue weighted by Gasteiger charge is -2.17. The molecule has 0 spiro atoms. The fourth-order valence-corrected chi connectivity index (χ4v) is 4.02. The number of ether oxygens (including phenoxy) is 1. The first-order valence-corrected chi connectivity index (χ1v) is 9.58. The predicted octanol–water partition coefficient (Wildman–Crippen LogP) is 3.79. The third-order valence-electron chi connectivity index (χ3n) is 4.77. The highest BCUT2D eigenvalue weighted by molar-refractivity contribution is 7.19. The molecule has 27 heavy (non-hydrogen) atoms. The van der Waals surface area contributed by atoms with Crippen LogP contribution in [0.5, 0.6) is 5.75 Å². The van der Waals surface area contributed by atoms with Crippen LogP contribution in [0.15, 0.2) is 40.9 Å². The van der Waals surface area contributed by atoms with Gasteiger partial charge in [0, 0.05) is 5.56 Å². The minimum Gasteiger partial charge on any atom is -0.497 e. The molecule has 0 radical (unpaired) electrons. The lowest BCUT2D eigenvalue weighted by atomic mass is 9.99. The van der Waals surface area contributed by atoms with Crippen LogP contribution < -0.4 is 15.8 Å². The van der Waals surface area contributed by atoms with Gasteiger partial charge in [0.1, 0.15) is 5.75 Å². The van der Waals surface area contributed by atoms with Crippen molar-refractivity contribution < 1.29 is 14.1 Å². The van der Waals surface area contributed by atoms with Crippen molar-refractivity contribution in [2.24, 2.45) is 5.73 Å². The van der Waals surface area contributed by atoms with Crippen LogP contribution in [-0.2, 0) is 5.54 Å². The minimum atomic E-state index is -0.482. The van der Waals surface area contributed by atoms with Gasteiger partial charge in [-0.05, 0) is 49.2 Å². The Balaban J connectivity index is 1.47. The number of hydrogen-bond donors (Lipinski definition) is 2. The van der Waals surface area contributed by atoms with Crippen LogP contribution in [0.2, 0.25) is 0 Å². The van der Waals surface area contributed by atoms with Crippen molar-refractivity contribution in [3.8, 4) is 16.5 Å². The average Bonchev–Trinajstić information content (AvgIpc) is 3.42. The van der Waals surface area contributed by atoms with Gasteiger partial charge in [0.05, 0.1) is 22.5 Å². The maximum absolute atomic E-state index is 12.4. The SMILES string of the molecule is COc1ccc(C(=O)Nc2ccc(-c3nc(C4(N)CCCC4)no3)s2)cc1. The Morgan fingerprint density at radius 2 is 1.96 bits per heavy atom. The molecule has 1 aromatic carbocycles. The summed E-state index contributed by atoms with van der Waals surface area (Å²) in [5.41, 5.74) is 6.45. The second kappa shape index (κ2) is 7.13. The number of hydrogen-bond acceptors (Lipinski definition) is 7. The molecule has 4 rings (SSSR count). The zero-order valence-electron chi connectivity index (χ0n) is 14.9. The van der Waals surface area contributed by atoms with E-state index in [9.17, 15) is 4.79 Å². The lowest BCUT2D eigenvalue weighted by Crippen LogP contribution is -2.34. The van der Waals surface area contributed by atoms with E-state index in [-0.39, 0.29) is 5.91 Å². The molecule has 0 atom stereocenters. The first kappa shape index (κ1) is 17.7. The number of carbonyl (C=O) groups is 1. The van der Waals surface area contributed by atoms with Crippen LogP contribution in [0.25, 0.3) is 10.8 Å². The Morgan fingerprint density at radius 3 is 2.67 bits per heavy atom. The minimum absolute atomic E-state index is 0.191. The fraction of sp³-hybridized carbons (Fsp3) is 0.316. The standard InChI is InChI=1S/C19H20N4O3S/c1-25-13-6-4-12(5-7-13)16(24)21-15-9-8-14(27-15)17-22-18(23-26-17)19(20)10-2-3-11-19/h4-9H,2-3,10-11,20H2,1H3,(H,21,24). The first-order valence-electron chi connectivity index (χ1n) is 8.76. The quantitative estimate of drug-likeness (QED) is 0.694. The molecule has 2 heterocycles. The number of rotatable bonds is 5. The summed E-state index contributed by atoms with van der Waals surface area (Å²) in [6, 6.07) is 10.6. The Labute approximate surface area is 160 Å². The maximum atomic E-state index is 12.4. The molecule has 7 nitrogen and oxygen atoms in total. The smallest absolute Gasteiger partial charge is 0.268 e. The molecule has 1 saturated carbocycles. The number of anilines is 1. The van der Waals surface area contributed by atoms with Crippen molar-refractivity contribution in [3.05, 3.63) is 47.8 Å². The van der Waals surface area contributed by atoms with E-state index in [0.717, 1.165) is 30.6 Å². The number of aromatic nitrogens is 2. The molecule has 0 saturated heterocycles. The molecular weight excluding hydrogens is 364 g/mol. The number of nitrogens with one attached hydrogen (secondary N) is 1. The number of benzene rings is 1. The van der Waals surface area contributed by atoms with Crippen molar-refractivity contribution in [2.45, 2.75) is 31.2 Å². The molecule has 0 unspecified atom stereocenters. The molecule has 1 amide bonds. The number of nitrogens with zero attached hydrogens (tertiary/aromatic N) is 2. The predicted molar refractivity (Wildman–Crippen MR) is 103 cm³/mol. The van der Waals surface area contributed by atoms with Gasteiger partial charge in [-0.1, -0.05) is 18.0 Å². The highest BCUT2D eigenvalue weighted by Gasteiger charge is 2.36. The Morgan fingerprint density at radius 1 is 1.22 bits per heavy atom. The van der Waals surface area contributed by atoms with Crippen LogP contribution in [0.1, 0.15) is 41.9 Å². The number of carbonyl (C=O) groups excluding carboxylic acids is 1. The van der Waals surface area contributed by atoms with Gasteiger partial charge >= 0.3 is 0 Å². The number of thiophene rings is 1. The summed E-state index contributed by atoms with van der Waals surface area (Å²) in [5, 5.41) is 7.66. The normalized spacial score (nSPS) is 15.6. The molecule has 8 heteroatoms. The number of methoxy groups -OCH3 is 1. The van der Waals surface area contributed by atoms with E-state index >= 15 is 0 Å². The fourth-order valence-electron chi connectivity index (χ4n) is 3.20. The van der Waals surface area contributed by atoms with E-state index in [1.807, 2.05) is 12.1 Å². The zero-order chi connectivity index (χ0) is 18.9. The van der Waals surface area contributed by atoms with Gasteiger partial charge in [0.15, 0.2) is 5.82 Å². The zero-order valence-corrected chi connectivity index (χ0v) is 15.7. The summed E-state index contributed by atoms with van der Waals surface area (Å²) in [6.07, 6.45) is 3.92. The van der Waals surface area contributed by atoms with Crippen LogP contribution in [-0.4, -0.2) is 23.2 Å². The monoisotopic (exact) mass is 384 g/mol. The molecular formula is C19H20N4O3S. The molecule has 3 aromatic rings. The summed E-state index contributed by atoms with van der Waals surface area (Å²) < 4.78 is 10.5. The summed E-state index contributed by atoms with van der Waals surface area (Å²) in [7, 11) is 1.59. The molecule has 0 aliphatic heterocycles. The van der Waals surface area contributed by atoms with Crippen molar-refractivity contribution in [3.63, 3.8) is 0 Å². The van der Waals surface area contributed by atoms with E-state index in [1.54, 1.807) is 31.4 Å². The largest absolute Gasteiger partial charge is 0.497 e. The third-order valence-corrected chi connectivity index (χ3v) is 5.76. The Hall–Kier alpha value is -2.71. The molecule has 140 valence electrons. The topological polar surface area (TPSA) is 103 Å². The molecule has 2 aromatic heterocycles. The molecule has 3 N–H and O–H groups in total. The van der Waals surface area contributed by atoms with Gasteiger partial charge in [0.2, 0.25) is 0 Å². The molecule has 1 aliphatic rings. The van der Waals surface area contributed by atoms with E-state index in [4.69, 9.17) is 15.0 Å². The van der Waals surface area contributed by atoms with Gasteiger partial charge in [-0.25, -0.2) is 0 Å². The summed E-state index contributed by atoms with van der Waals surface area (Å²) >= 11 is 1.38. The van der Waals surface area contributed by atoms with Crippen molar-refractivity contribution in [2.75, 3.05) is 12.4 Å². The molecule has 1 fully saturated rings. The van der Waals surface area contributed by atoms with Crippen molar-refractivity contribution in [1.29, 1.82) is 0 Å². The second-order valence-electron chi connectivity index (χ2n) is 6.63. The van der Waals surface area contributed by atoms with Gasteiger partial charge in [-0.15, -0.1) is 11.3 Å².